The molecule has 0 aliphatic rings. The second-order valence-electron chi connectivity index (χ2n) is 3.62. The Morgan fingerprint density at radius 2 is 2.13 bits per heavy atom. The second kappa shape index (κ2) is 3.45. The van der Waals surface area contributed by atoms with Gasteiger partial charge in [-0.05, 0) is 41.4 Å². The molecule has 2 rings (SSSR count). The molecule has 4 heteroatoms. The highest BCUT2D eigenvalue weighted by Crippen LogP contribution is 2.23. The van der Waals surface area contributed by atoms with Crippen molar-refractivity contribution < 1.29 is 4.79 Å². The zero-order valence-electron chi connectivity index (χ0n) is 8.84. The fraction of sp³-hybridized carbons (Fsp3) is 0.273. The van der Waals surface area contributed by atoms with Crippen LogP contribution in [-0.2, 0) is 0 Å². The summed E-state index contributed by atoms with van der Waals surface area (Å²) in [6, 6.07) is 2.02. The number of aryl methyl sites for hydroxylation is 2. The van der Waals surface area contributed by atoms with Crippen molar-refractivity contribution in [2.45, 2.75) is 20.8 Å². The molecule has 0 amide bonds. The number of ketones is 1. The van der Waals surface area contributed by atoms with E-state index in [9.17, 15) is 4.79 Å². The summed E-state index contributed by atoms with van der Waals surface area (Å²) in [6.45, 7) is 5.56. The number of imidazole rings is 1. The number of rotatable bonds is 1. The fourth-order valence-corrected chi connectivity index (χ4v) is 2.27. The van der Waals surface area contributed by atoms with Crippen LogP contribution in [0.1, 0.15) is 28.7 Å². The van der Waals surface area contributed by atoms with Crippen molar-refractivity contribution >= 4 is 27.4 Å². The summed E-state index contributed by atoms with van der Waals surface area (Å²) in [4.78, 5) is 15.7. The lowest BCUT2D eigenvalue weighted by Gasteiger charge is -2.07. The quantitative estimate of drug-likeness (QED) is 0.744. The van der Waals surface area contributed by atoms with E-state index in [4.69, 9.17) is 0 Å². The summed E-state index contributed by atoms with van der Waals surface area (Å²) in [5.41, 5.74) is 3.61. The van der Waals surface area contributed by atoms with Crippen LogP contribution in [0.2, 0.25) is 0 Å². The lowest BCUT2D eigenvalue weighted by Crippen LogP contribution is -2.03. The van der Waals surface area contributed by atoms with Gasteiger partial charge in [0.15, 0.2) is 11.4 Å². The minimum atomic E-state index is 0.0306. The van der Waals surface area contributed by atoms with Crippen molar-refractivity contribution in [2.75, 3.05) is 0 Å². The molecule has 0 saturated carbocycles. The van der Waals surface area contributed by atoms with Crippen LogP contribution in [0.3, 0.4) is 0 Å². The SMILES string of the molecule is CC(=O)c1cnc2c(Br)cc(C)c(C)n12. The zero-order valence-corrected chi connectivity index (χ0v) is 10.4. The Morgan fingerprint density at radius 3 is 2.73 bits per heavy atom. The first-order chi connectivity index (χ1) is 7.02. The zero-order chi connectivity index (χ0) is 11.2. The molecule has 78 valence electrons. The van der Waals surface area contributed by atoms with Gasteiger partial charge in [0.1, 0.15) is 5.69 Å². The van der Waals surface area contributed by atoms with Gasteiger partial charge < -0.3 is 0 Å². The van der Waals surface area contributed by atoms with Gasteiger partial charge in [0.25, 0.3) is 0 Å². The highest BCUT2D eigenvalue weighted by molar-refractivity contribution is 9.10. The van der Waals surface area contributed by atoms with Crippen LogP contribution in [0, 0.1) is 13.8 Å². The predicted octanol–water partition coefficient (Wildman–Crippen LogP) is 2.92. The number of carbonyl (C=O) groups excluding carboxylic acids is 1. The summed E-state index contributed by atoms with van der Waals surface area (Å²) >= 11 is 3.45. The number of Topliss-reactive ketones (excluding diaryl/α,β-unsaturated/α-hetero) is 1. The van der Waals surface area contributed by atoms with Crippen molar-refractivity contribution in [3.8, 4) is 0 Å². The molecule has 2 heterocycles. The van der Waals surface area contributed by atoms with Crippen LogP contribution in [0.25, 0.3) is 5.65 Å². The number of pyridine rings is 1. The normalized spacial score (nSPS) is 10.9. The minimum Gasteiger partial charge on any atom is -0.293 e. The van der Waals surface area contributed by atoms with E-state index in [2.05, 4.69) is 20.9 Å². The Bertz CT molecular complexity index is 557. The summed E-state index contributed by atoms with van der Waals surface area (Å²) < 4.78 is 2.81. The maximum Gasteiger partial charge on any atom is 0.178 e. The van der Waals surface area contributed by atoms with Crippen LogP contribution in [0.4, 0.5) is 0 Å². The van der Waals surface area contributed by atoms with Crippen molar-refractivity contribution in [3.05, 3.63) is 33.7 Å². The molecule has 0 radical (unpaired) electrons. The average Bonchev–Trinajstić information content (AvgIpc) is 2.58. The molecule has 0 N–H and O–H groups in total. The molecule has 0 aromatic carbocycles. The highest BCUT2D eigenvalue weighted by atomic mass is 79.9. The van der Waals surface area contributed by atoms with E-state index in [1.165, 1.54) is 0 Å². The molecule has 0 aliphatic heterocycles. The van der Waals surface area contributed by atoms with Crippen LogP contribution >= 0.6 is 15.9 Å². The summed E-state index contributed by atoms with van der Waals surface area (Å²) in [5, 5.41) is 0. The molecule has 0 spiro atoms. The third-order valence-electron chi connectivity index (χ3n) is 2.59. The van der Waals surface area contributed by atoms with Gasteiger partial charge in [0.2, 0.25) is 0 Å². The number of nitrogens with zero attached hydrogens (tertiary/aromatic N) is 2. The number of fused-ring (bicyclic) bond motifs is 1. The molecule has 0 saturated heterocycles. The van der Waals surface area contributed by atoms with Gasteiger partial charge in [-0.3, -0.25) is 9.20 Å². The van der Waals surface area contributed by atoms with Crippen molar-refractivity contribution in [1.29, 1.82) is 0 Å². The maximum absolute atomic E-state index is 11.4. The number of carbonyl (C=O) groups is 1. The molecule has 0 aliphatic carbocycles. The van der Waals surface area contributed by atoms with Crippen LogP contribution in [0.5, 0.6) is 0 Å². The topological polar surface area (TPSA) is 34.4 Å². The van der Waals surface area contributed by atoms with E-state index >= 15 is 0 Å². The van der Waals surface area contributed by atoms with E-state index in [0.717, 1.165) is 21.4 Å². The predicted molar refractivity (Wildman–Crippen MR) is 62.4 cm³/mol. The molecule has 2 aromatic rings. The first-order valence-corrected chi connectivity index (χ1v) is 5.45. The molecule has 3 nitrogen and oxygen atoms in total. The number of hydrogen-bond acceptors (Lipinski definition) is 2. The minimum absolute atomic E-state index is 0.0306. The Morgan fingerprint density at radius 1 is 1.47 bits per heavy atom. The molecule has 15 heavy (non-hydrogen) atoms. The average molecular weight is 267 g/mol. The summed E-state index contributed by atoms with van der Waals surface area (Å²) in [6.07, 6.45) is 1.62. The number of aromatic nitrogens is 2. The lowest BCUT2D eigenvalue weighted by atomic mass is 10.2. The highest BCUT2D eigenvalue weighted by Gasteiger charge is 2.13. The van der Waals surface area contributed by atoms with Crippen molar-refractivity contribution in [2.24, 2.45) is 0 Å². The Balaban J connectivity index is 2.95. The molecular formula is C11H11BrN2O. The lowest BCUT2D eigenvalue weighted by molar-refractivity contribution is 0.101. The summed E-state index contributed by atoms with van der Waals surface area (Å²) in [5.74, 6) is 0.0306. The third kappa shape index (κ3) is 1.49. The monoisotopic (exact) mass is 266 g/mol. The van der Waals surface area contributed by atoms with Gasteiger partial charge in [0, 0.05) is 12.6 Å². The van der Waals surface area contributed by atoms with Crippen LogP contribution in [-0.4, -0.2) is 15.2 Å². The molecule has 0 bridgehead atoms. The standard InChI is InChI=1S/C11H11BrN2O/c1-6-4-9(12)11-13-5-10(8(3)15)14(11)7(6)2/h4-5H,1-3H3. The first kappa shape index (κ1) is 10.4. The third-order valence-corrected chi connectivity index (χ3v) is 3.17. The summed E-state index contributed by atoms with van der Waals surface area (Å²) in [7, 11) is 0. The van der Waals surface area contributed by atoms with Crippen LogP contribution < -0.4 is 0 Å². The molecule has 0 unspecified atom stereocenters. The van der Waals surface area contributed by atoms with Gasteiger partial charge >= 0.3 is 0 Å². The van der Waals surface area contributed by atoms with Crippen molar-refractivity contribution in [1.82, 2.24) is 9.38 Å². The number of halogens is 1. The molecule has 0 fully saturated rings. The van der Waals surface area contributed by atoms with Gasteiger partial charge in [-0.1, -0.05) is 0 Å². The maximum atomic E-state index is 11.4. The molecule has 2 aromatic heterocycles. The Hall–Kier alpha value is -1.16. The van der Waals surface area contributed by atoms with Gasteiger partial charge in [-0.25, -0.2) is 4.98 Å². The molecule has 0 atom stereocenters. The smallest absolute Gasteiger partial charge is 0.178 e. The number of hydrogen-bond donors (Lipinski definition) is 0. The second-order valence-corrected chi connectivity index (χ2v) is 4.47. The molecular weight excluding hydrogens is 256 g/mol. The van der Waals surface area contributed by atoms with Crippen molar-refractivity contribution in [3.63, 3.8) is 0 Å². The van der Waals surface area contributed by atoms with Gasteiger partial charge in [0.05, 0.1) is 10.7 Å². The van der Waals surface area contributed by atoms with E-state index < -0.39 is 0 Å². The fourth-order valence-electron chi connectivity index (χ4n) is 1.64. The van der Waals surface area contributed by atoms with E-state index in [1.807, 2.05) is 24.3 Å². The van der Waals surface area contributed by atoms with E-state index in [1.54, 1.807) is 13.1 Å². The van der Waals surface area contributed by atoms with Crippen LogP contribution in [0.15, 0.2) is 16.7 Å². The Kier molecular flexibility index (Phi) is 2.38. The largest absolute Gasteiger partial charge is 0.293 e. The first-order valence-electron chi connectivity index (χ1n) is 4.66. The van der Waals surface area contributed by atoms with E-state index in [-0.39, 0.29) is 5.78 Å². The van der Waals surface area contributed by atoms with Gasteiger partial charge in [-0.2, -0.15) is 0 Å². The van der Waals surface area contributed by atoms with E-state index in [0.29, 0.717) is 5.69 Å². The van der Waals surface area contributed by atoms with Gasteiger partial charge in [-0.15, -0.1) is 0 Å². The Labute approximate surface area is 96.3 Å².